The minimum absolute atomic E-state index is 0. The third kappa shape index (κ3) is 4.00. The lowest BCUT2D eigenvalue weighted by Crippen LogP contribution is -3.00. The first-order chi connectivity index (χ1) is 16.9. The van der Waals surface area contributed by atoms with Crippen LogP contribution in [0.25, 0.3) is 12.2 Å². The molecule has 1 aliphatic rings. The third-order valence-corrected chi connectivity index (χ3v) is 11.6. The summed E-state index contributed by atoms with van der Waals surface area (Å²) in [5, 5.41) is 4.22. The Kier molecular flexibility index (Phi) is 6.82. The fourth-order valence-corrected chi connectivity index (χ4v) is 10.5. The molecule has 0 unspecified atom stereocenters. The van der Waals surface area contributed by atoms with Gasteiger partial charge in [0.1, 0.15) is 28.8 Å². The van der Waals surface area contributed by atoms with E-state index in [0.717, 1.165) is 0 Å². The van der Waals surface area contributed by atoms with Gasteiger partial charge in [-0.25, -0.2) is 0 Å². The molecule has 5 aromatic rings. The molecule has 0 spiro atoms. The van der Waals surface area contributed by atoms with Gasteiger partial charge in [0, 0.05) is 11.1 Å². The Bertz CT molecular complexity index is 1300. The first-order valence-electron chi connectivity index (χ1n) is 11.8. The summed E-state index contributed by atoms with van der Waals surface area (Å²) in [6.07, 6.45) is 4.59. The highest BCUT2D eigenvalue weighted by molar-refractivity contribution is 7.96. The highest BCUT2D eigenvalue weighted by Crippen LogP contribution is 2.70. The van der Waals surface area contributed by atoms with Crippen LogP contribution in [0.4, 0.5) is 0 Å². The monoisotopic (exact) mass is 532 g/mol. The van der Waals surface area contributed by atoms with Crippen molar-refractivity contribution >= 4 is 35.3 Å². The first kappa shape index (κ1) is 23.5. The quantitative estimate of drug-likeness (QED) is 0.303. The fourth-order valence-electron chi connectivity index (χ4n) is 5.47. The highest BCUT2D eigenvalue weighted by Gasteiger charge is 2.54. The van der Waals surface area contributed by atoms with E-state index in [-0.39, 0.29) is 22.6 Å². The summed E-state index contributed by atoms with van der Waals surface area (Å²) in [5.41, 5.74) is 5.59. The molecule has 35 heavy (non-hydrogen) atoms. The van der Waals surface area contributed by atoms with Crippen molar-refractivity contribution < 1.29 is 17.0 Å². The molecular formula is C33H26BrP. The first-order valence-corrected chi connectivity index (χ1v) is 13.7. The standard InChI is InChI=1S/C33H26P.BrH/c1-4-16-28(17-5-1)34(29-18-6-2-7-19-29,30-20-8-3-9-21-30)33-31-22-12-10-14-26(31)24-25-27-15-11-13-23-32(27)33;/h1-25,33H;1H/q+1;/p-1. The molecule has 1 aliphatic carbocycles. The van der Waals surface area contributed by atoms with Crippen LogP contribution in [0.3, 0.4) is 0 Å². The fraction of sp³-hybridized carbons (Fsp3) is 0.0303. The highest BCUT2D eigenvalue weighted by atomic mass is 79.9. The lowest BCUT2D eigenvalue weighted by Gasteiger charge is -2.36. The number of benzene rings is 5. The topological polar surface area (TPSA) is 0 Å². The average Bonchev–Trinajstić information content (AvgIpc) is 3.09. The van der Waals surface area contributed by atoms with E-state index in [0.29, 0.717) is 0 Å². The molecular weight excluding hydrogens is 507 g/mol. The molecule has 0 nitrogen and oxygen atoms in total. The summed E-state index contributed by atoms with van der Waals surface area (Å²) >= 11 is 0. The molecule has 5 aromatic carbocycles. The van der Waals surface area contributed by atoms with Crippen LogP contribution in [-0.2, 0) is 0 Å². The van der Waals surface area contributed by atoms with E-state index in [2.05, 4.69) is 152 Å². The molecule has 6 rings (SSSR count). The van der Waals surface area contributed by atoms with Gasteiger partial charge >= 0.3 is 0 Å². The van der Waals surface area contributed by atoms with Crippen LogP contribution in [0, 0.1) is 0 Å². The van der Waals surface area contributed by atoms with Crippen molar-refractivity contribution in [3.8, 4) is 0 Å². The van der Waals surface area contributed by atoms with Gasteiger partial charge < -0.3 is 17.0 Å². The molecule has 0 saturated heterocycles. The lowest BCUT2D eigenvalue weighted by atomic mass is 9.99. The van der Waals surface area contributed by atoms with Crippen molar-refractivity contribution in [2.24, 2.45) is 0 Å². The van der Waals surface area contributed by atoms with E-state index >= 15 is 0 Å². The molecule has 0 bridgehead atoms. The Morgan fingerprint density at radius 3 is 1.06 bits per heavy atom. The maximum absolute atomic E-state index is 2.34. The van der Waals surface area contributed by atoms with Crippen LogP contribution in [0.5, 0.6) is 0 Å². The van der Waals surface area contributed by atoms with Crippen LogP contribution in [0.2, 0.25) is 0 Å². The van der Waals surface area contributed by atoms with Crippen LogP contribution < -0.4 is 32.9 Å². The second-order valence-electron chi connectivity index (χ2n) is 8.72. The zero-order valence-corrected chi connectivity index (χ0v) is 21.8. The zero-order valence-electron chi connectivity index (χ0n) is 19.3. The second-order valence-corrected chi connectivity index (χ2v) is 12.2. The number of hydrogen-bond acceptors (Lipinski definition) is 0. The summed E-state index contributed by atoms with van der Waals surface area (Å²) in [6, 6.07) is 51.6. The lowest BCUT2D eigenvalue weighted by molar-refractivity contribution is -0.00000636. The smallest absolute Gasteiger partial charge is 0.135 e. The predicted octanol–water partition coefficient (Wildman–Crippen LogP) is 4.26. The molecule has 0 saturated carbocycles. The number of rotatable bonds is 4. The van der Waals surface area contributed by atoms with Crippen molar-refractivity contribution in [3.63, 3.8) is 0 Å². The van der Waals surface area contributed by atoms with Gasteiger partial charge in [-0.3, -0.25) is 0 Å². The van der Waals surface area contributed by atoms with Gasteiger partial charge in [-0.05, 0) is 47.5 Å². The van der Waals surface area contributed by atoms with Crippen molar-refractivity contribution in [1.82, 2.24) is 0 Å². The zero-order chi connectivity index (χ0) is 22.8. The van der Waals surface area contributed by atoms with Crippen molar-refractivity contribution in [1.29, 1.82) is 0 Å². The van der Waals surface area contributed by atoms with Crippen molar-refractivity contribution in [2.75, 3.05) is 0 Å². The summed E-state index contributed by atoms with van der Waals surface area (Å²) in [4.78, 5) is 0. The number of halogens is 1. The SMILES string of the molecule is C1=Cc2ccccc2C([P+](c2ccccc2)(c2ccccc2)c2ccccc2)c2ccccc21.[Br-]. The molecule has 0 radical (unpaired) electrons. The number of hydrogen-bond donors (Lipinski definition) is 0. The van der Waals surface area contributed by atoms with Gasteiger partial charge in [0.15, 0.2) is 0 Å². The minimum Gasteiger partial charge on any atom is -1.00 e. The minimum atomic E-state index is -2.16. The van der Waals surface area contributed by atoms with Gasteiger partial charge in [-0.15, -0.1) is 0 Å². The summed E-state index contributed by atoms with van der Waals surface area (Å²) in [6.45, 7) is 0. The van der Waals surface area contributed by atoms with Gasteiger partial charge in [-0.1, -0.05) is 115 Å². The van der Waals surface area contributed by atoms with Crippen LogP contribution in [0.15, 0.2) is 140 Å². The van der Waals surface area contributed by atoms with Crippen LogP contribution >= 0.6 is 7.26 Å². The van der Waals surface area contributed by atoms with Crippen molar-refractivity contribution in [3.05, 3.63) is 162 Å². The van der Waals surface area contributed by atoms with Gasteiger partial charge in [0.2, 0.25) is 0 Å². The predicted molar refractivity (Wildman–Crippen MR) is 149 cm³/mol. The normalized spacial score (nSPS) is 12.7. The molecule has 0 aromatic heterocycles. The Morgan fingerprint density at radius 2 is 0.686 bits per heavy atom. The Morgan fingerprint density at radius 1 is 0.371 bits per heavy atom. The van der Waals surface area contributed by atoms with Gasteiger partial charge in [-0.2, -0.15) is 0 Å². The molecule has 0 amide bonds. The van der Waals surface area contributed by atoms with Gasteiger partial charge in [0.25, 0.3) is 0 Å². The second kappa shape index (κ2) is 10.2. The third-order valence-electron chi connectivity index (χ3n) is 6.90. The maximum atomic E-state index is 2.34. The van der Waals surface area contributed by atoms with Crippen molar-refractivity contribution in [2.45, 2.75) is 5.66 Å². The molecule has 2 heteroatoms. The Labute approximate surface area is 219 Å². The largest absolute Gasteiger partial charge is 1.00 e. The Balaban J connectivity index is 0.00000253. The van der Waals surface area contributed by atoms with Crippen LogP contribution in [0.1, 0.15) is 27.9 Å². The summed E-state index contributed by atoms with van der Waals surface area (Å²) in [5.74, 6) is 0. The summed E-state index contributed by atoms with van der Waals surface area (Å²) < 4.78 is 0. The molecule has 0 atom stereocenters. The summed E-state index contributed by atoms with van der Waals surface area (Å²) in [7, 11) is -2.16. The average molecular weight is 533 g/mol. The molecule has 0 heterocycles. The Hall–Kier alpha value is -3.25. The number of fused-ring (bicyclic) bond motifs is 2. The molecule has 0 fully saturated rings. The van der Waals surface area contributed by atoms with E-state index in [1.807, 2.05) is 0 Å². The van der Waals surface area contributed by atoms with Gasteiger partial charge in [0.05, 0.1) is 0 Å². The molecule has 0 aliphatic heterocycles. The van der Waals surface area contributed by atoms with E-state index in [1.54, 1.807) is 0 Å². The van der Waals surface area contributed by atoms with E-state index in [4.69, 9.17) is 0 Å². The van der Waals surface area contributed by atoms with Crippen LogP contribution in [-0.4, -0.2) is 0 Å². The van der Waals surface area contributed by atoms with E-state index < -0.39 is 7.26 Å². The van der Waals surface area contributed by atoms with E-state index in [9.17, 15) is 0 Å². The molecule has 170 valence electrons. The van der Waals surface area contributed by atoms with E-state index in [1.165, 1.54) is 38.2 Å². The molecule has 0 N–H and O–H groups in total. The maximum Gasteiger partial charge on any atom is 0.135 e.